The van der Waals surface area contributed by atoms with Gasteiger partial charge < -0.3 is 4.74 Å². The van der Waals surface area contributed by atoms with Crippen LogP contribution in [-0.4, -0.2) is 18.2 Å². The number of carbonyl (C=O) groups is 2. The third-order valence-electron chi connectivity index (χ3n) is 4.26. The zero-order chi connectivity index (χ0) is 19.2. The van der Waals surface area contributed by atoms with Gasteiger partial charge in [-0.15, -0.1) is 0 Å². The molecule has 0 saturated carbocycles. The molecule has 3 heteroatoms. The molecule has 0 fully saturated rings. The van der Waals surface area contributed by atoms with Crippen molar-refractivity contribution in [2.24, 2.45) is 0 Å². The van der Waals surface area contributed by atoms with Crippen molar-refractivity contribution in [1.82, 2.24) is 0 Å². The Labute approximate surface area is 158 Å². The van der Waals surface area contributed by atoms with Gasteiger partial charge >= 0.3 is 0 Å². The normalized spacial score (nSPS) is 11.6. The van der Waals surface area contributed by atoms with Crippen molar-refractivity contribution in [1.29, 1.82) is 0 Å². The molecule has 0 radical (unpaired) electrons. The molecular weight excluding hydrogens is 336 g/mol. The smallest absolute Gasteiger partial charge is 0.195 e. The Kier molecular flexibility index (Phi) is 5.62. The Hall–Kier alpha value is -3.46. The molecule has 0 unspecified atom stereocenters. The first-order valence-electron chi connectivity index (χ1n) is 8.79. The van der Waals surface area contributed by atoms with Crippen LogP contribution in [0.3, 0.4) is 0 Å². The fraction of sp³-hybridized carbons (Fsp3) is 0.0833. The number of fused-ring (bicyclic) bond motifs is 2. The van der Waals surface area contributed by atoms with Crippen molar-refractivity contribution >= 4 is 17.6 Å². The first-order chi connectivity index (χ1) is 13.2. The molecule has 4 rings (SSSR count). The topological polar surface area (TPSA) is 43.4 Å². The van der Waals surface area contributed by atoms with Gasteiger partial charge in [-0.3, -0.25) is 9.59 Å². The Balaban J connectivity index is 0.000000197. The molecule has 0 N–H and O–H groups in total. The molecule has 27 heavy (non-hydrogen) atoms. The highest BCUT2D eigenvalue weighted by Crippen LogP contribution is 2.29. The molecule has 0 saturated heterocycles. The number of rotatable bonds is 3. The third-order valence-corrected chi connectivity index (χ3v) is 4.26. The fourth-order valence-electron chi connectivity index (χ4n) is 3.03. The minimum Gasteiger partial charge on any atom is -0.494 e. The maximum absolute atomic E-state index is 12.4. The van der Waals surface area contributed by atoms with E-state index in [0.717, 1.165) is 12.4 Å². The summed E-state index contributed by atoms with van der Waals surface area (Å²) in [6.07, 6.45) is 1.61. The quantitative estimate of drug-likeness (QED) is 0.507. The van der Waals surface area contributed by atoms with E-state index in [-0.39, 0.29) is 11.6 Å². The monoisotopic (exact) mass is 356 g/mol. The third kappa shape index (κ3) is 3.72. The minimum absolute atomic E-state index is 0.0936. The van der Waals surface area contributed by atoms with Crippen LogP contribution in [0.1, 0.15) is 44.3 Å². The summed E-state index contributed by atoms with van der Waals surface area (Å²) >= 11 is 0. The van der Waals surface area contributed by atoms with Crippen LogP contribution in [0.4, 0.5) is 0 Å². The molecule has 3 aromatic carbocycles. The molecule has 0 atom stereocenters. The van der Waals surface area contributed by atoms with Crippen molar-refractivity contribution in [3.63, 3.8) is 0 Å². The van der Waals surface area contributed by atoms with E-state index in [2.05, 4.69) is 6.58 Å². The maximum Gasteiger partial charge on any atom is 0.195 e. The number of ketones is 2. The van der Waals surface area contributed by atoms with Crippen LogP contribution in [0.25, 0.3) is 6.08 Å². The molecule has 0 amide bonds. The van der Waals surface area contributed by atoms with Gasteiger partial charge in [0, 0.05) is 22.3 Å². The van der Waals surface area contributed by atoms with E-state index < -0.39 is 0 Å². The summed E-state index contributed by atoms with van der Waals surface area (Å²) < 4.78 is 5.21. The molecule has 3 aromatic rings. The second-order valence-electron chi connectivity index (χ2n) is 5.92. The first kappa shape index (κ1) is 18.3. The van der Waals surface area contributed by atoms with E-state index in [1.54, 1.807) is 48.5 Å². The Bertz CT molecular complexity index is 988. The molecule has 0 bridgehead atoms. The van der Waals surface area contributed by atoms with Gasteiger partial charge in [0.1, 0.15) is 5.75 Å². The van der Waals surface area contributed by atoms with Crippen LogP contribution in [0, 0.1) is 0 Å². The molecule has 0 spiro atoms. The zero-order valence-corrected chi connectivity index (χ0v) is 15.1. The van der Waals surface area contributed by atoms with E-state index >= 15 is 0 Å². The summed E-state index contributed by atoms with van der Waals surface area (Å²) in [5, 5.41) is 0. The van der Waals surface area contributed by atoms with E-state index in [9.17, 15) is 9.59 Å². The number of ether oxygens (including phenoxy) is 1. The van der Waals surface area contributed by atoms with Crippen LogP contribution in [0.15, 0.2) is 79.4 Å². The van der Waals surface area contributed by atoms with Crippen LogP contribution >= 0.6 is 0 Å². The minimum atomic E-state index is -0.101. The summed E-state index contributed by atoms with van der Waals surface area (Å²) in [5.74, 6) is 0.750. The van der Waals surface area contributed by atoms with Gasteiger partial charge in [0.25, 0.3) is 0 Å². The summed E-state index contributed by atoms with van der Waals surface area (Å²) in [6, 6.07) is 22.0. The number of para-hydroxylation sites is 1. The largest absolute Gasteiger partial charge is 0.494 e. The van der Waals surface area contributed by atoms with Gasteiger partial charge in [-0.05, 0) is 24.6 Å². The lowest BCUT2D eigenvalue weighted by Crippen LogP contribution is -2.21. The zero-order valence-electron chi connectivity index (χ0n) is 15.1. The molecule has 1 aliphatic rings. The summed E-state index contributed by atoms with van der Waals surface area (Å²) in [7, 11) is 0. The summed E-state index contributed by atoms with van der Waals surface area (Å²) in [6.45, 7) is 6.41. The van der Waals surface area contributed by atoms with Crippen molar-refractivity contribution in [3.8, 4) is 5.75 Å². The Morgan fingerprint density at radius 3 is 2.00 bits per heavy atom. The lowest BCUT2D eigenvalue weighted by Gasteiger charge is -2.18. The number of carbonyl (C=O) groups excluding carboxylic acids is 2. The van der Waals surface area contributed by atoms with Crippen molar-refractivity contribution in [2.45, 2.75) is 6.92 Å². The van der Waals surface area contributed by atoms with E-state index in [1.165, 1.54) is 0 Å². The highest BCUT2D eigenvalue weighted by molar-refractivity contribution is 6.29. The Morgan fingerprint density at radius 1 is 0.778 bits per heavy atom. The van der Waals surface area contributed by atoms with Gasteiger partial charge in [-0.2, -0.15) is 0 Å². The van der Waals surface area contributed by atoms with Gasteiger partial charge in [0.05, 0.1) is 6.61 Å². The van der Waals surface area contributed by atoms with Crippen LogP contribution in [0.2, 0.25) is 0 Å². The predicted octanol–water partition coefficient (Wildman–Crippen LogP) is 5.19. The molecular formula is C24H20O3. The number of hydrogen-bond donors (Lipinski definition) is 0. The number of benzene rings is 3. The second kappa shape index (κ2) is 8.28. The van der Waals surface area contributed by atoms with Crippen LogP contribution in [-0.2, 0) is 0 Å². The second-order valence-corrected chi connectivity index (χ2v) is 5.92. The highest BCUT2D eigenvalue weighted by Gasteiger charge is 2.30. The van der Waals surface area contributed by atoms with Gasteiger partial charge in [-0.1, -0.05) is 73.3 Å². The lowest BCUT2D eigenvalue weighted by molar-refractivity contribution is 0.0979. The fourth-order valence-corrected chi connectivity index (χ4v) is 3.03. The van der Waals surface area contributed by atoms with Gasteiger partial charge in [-0.25, -0.2) is 0 Å². The molecule has 134 valence electrons. The van der Waals surface area contributed by atoms with Crippen molar-refractivity contribution < 1.29 is 14.3 Å². The van der Waals surface area contributed by atoms with E-state index in [4.69, 9.17) is 4.74 Å². The Morgan fingerprint density at radius 2 is 1.37 bits per heavy atom. The maximum atomic E-state index is 12.4. The molecule has 0 heterocycles. The predicted molar refractivity (Wildman–Crippen MR) is 107 cm³/mol. The molecule has 0 aromatic heterocycles. The summed E-state index contributed by atoms with van der Waals surface area (Å²) in [5.41, 5.74) is 2.60. The summed E-state index contributed by atoms with van der Waals surface area (Å²) in [4.78, 5) is 24.8. The van der Waals surface area contributed by atoms with Crippen molar-refractivity contribution in [2.75, 3.05) is 6.61 Å². The molecule has 3 nitrogen and oxygen atoms in total. The van der Waals surface area contributed by atoms with Gasteiger partial charge in [0.2, 0.25) is 0 Å². The van der Waals surface area contributed by atoms with E-state index in [1.807, 2.05) is 37.3 Å². The van der Waals surface area contributed by atoms with Crippen LogP contribution < -0.4 is 4.74 Å². The SMILES string of the molecule is C=Cc1cccc2c1C(=O)c1ccccc1C2=O.CCOc1ccccc1. The molecule has 1 aliphatic carbocycles. The lowest BCUT2D eigenvalue weighted by atomic mass is 9.82. The average Bonchev–Trinajstić information content (AvgIpc) is 2.73. The number of hydrogen-bond acceptors (Lipinski definition) is 3. The molecule has 0 aliphatic heterocycles. The first-order valence-corrected chi connectivity index (χ1v) is 8.79. The van der Waals surface area contributed by atoms with Crippen molar-refractivity contribution in [3.05, 3.63) is 107 Å². The highest BCUT2D eigenvalue weighted by atomic mass is 16.5. The standard InChI is InChI=1S/C16H10O2.C8H10O/c1-2-10-6-5-9-13-14(10)16(18)12-8-4-3-7-11(12)15(13)17;1-2-9-8-6-4-3-5-7-8/h2-9H,1H2;3-7H,2H2,1H3. The average molecular weight is 356 g/mol. The van der Waals surface area contributed by atoms with Gasteiger partial charge in [0.15, 0.2) is 11.6 Å². The van der Waals surface area contributed by atoms with E-state index in [0.29, 0.717) is 27.8 Å². The van der Waals surface area contributed by atoms with Crippen LogP contribution in [0.5, 0.6) is 5.75 Å².